The summed E-state index contributed by atoms with van der Waals surface area (Å²) >= 11 is 0. The van der Waals surface area contributed by atoms with Crippen molar-refractivity contribution in [2.24, 2.45) is 11.1 Å². The summed E-state index contributed by atoms with van der Waals surface area (Å²) in [5, 5.41) is 20.2. The van der Waals surface area contributed by atoms with Crippen LogP contribution in [0.4, 0.5) is 10.2 Å². The average molecular weight is 568 g/mol. The number of anilines is 1. The summed E-state index contributed by atoms with van der Waals surface area (Å²) in [5.41, 5.74) is 2.93. The highest BCUT2D eigenvalue weighted by molar-refractivity contribution is 6.37. The number of likely N-dealkylation sites (tertiary alicyclic amines) is 1. The number of hydrogen-bond donors (Lipinski definition) is 3. The van der Waals surface area contributed by atoms with Crippen molar-refractivity contribution in [2.45, 2.75) is 57.5 Å². The number of piperidine rings is 1. The van der Waals surface area contributed by atoms with E-state index in [0.29, 0.717) is 37.9 Å². The molecule has 220 valence electrons. The molecule has 0 spiro atoms. The Kier molecular flexibility index (Phi) is 9.40. The molecule has 2 aromatic rings. The number of benzene rings is 1. The quantitative estimate of drug-likeness (QED) is 0.277. The smallest absolute Gasteiger partial charge is 0.271 e. The minimum atomic E-state index is -1.34. The minimum Gasteiger partial charge on any atom is -0.395 e. The molecule has 1 saturated carbocycles. The van der Waals surface area contributed by atoms with Gasteiger partial charge in [-0.25, -0.2) is 14.4 Å². The number of carbonyl (C=O) groups is 2. The van der Waals surface area contributed by atoms with Crippen LogP contribution in [0.2, 0.25) is 0 Å². The van der Waals surface area contributed by atoms with Crippen LogP contribution in [-0.4, -0.2) is 100 Å². The molecule has 2 unspecified atom stereocenters. The first-order chi connectivity index (χ1) is 19.9. The third-order valence-corrected chi connectivity index (χ3v) is 7.76. The molecule has 3 aliphatic rings. The second-order valence-electron chi connectivity index (χ2n) is 11.1. The van der Waals surface area contributed by atoms with Gasteiger partial charge >= 0.3 is 0 Å². The highest BCUT2D eigenvalue weighted by Gasteiger charge is 2.33. The Hall–Kier alpha value is -3.64. The number of halogens is 1. The summed E-state index contributed by atoms with van der Waals surface area (Å²) in [6, 6.07) is 9.18. The number of alkyl halides is 1. The molecule has 1 aromatic carbocycles. The highest BCUT2D eigenvalue weighted by atomic mass is 19.1. The Morgan fingerprint density at radius 3 is 2.78 bits per heavy atom. The van der Waals surface area contributed by atoms with Gasteiger partial charge in [0, 0.05) is 38.8 Å². The van der Waals surface area contributed by atoms with Gasteiger partial charge in [-0.3, -0.25) is 14.5 Å². The van der Waals surface area contributed by atoms with Gasteiger partial charge in [-0.05, 0) is 49.7 Å². The molecule has 0 bridgehead atoms. The maximum absolute atomic E-state index is 15.0. The van der Waals surface area contributed by atoms with E-state index in [1.165, 1.54) is 28.4 Å². The molecule has 0 radical (unpaired) electrons. The van der Waals surface area contributed by atoms with Crippen LogP contribution in [-0.2, 0) is 22.6 Å². The van der Waals surface area contributed by atoms with Crippen molar-refractivity contribution >= 4 is 23.3 Å². The van der Waals surface area contributed by atoms with E-state index in [2.05, 4.69) is 42.8 Å². The Morgan fingerprint density at radius 2 is 2.00 bits per heavy atom. The van der Waals surface area contributed by atoms with Crippen LogP contribution in [0.3, 0.4) is 0 Å². The Balaban J connectivity index is 1.06. The molecule has 2 aliphatic heterocycles. The van der Waals surface area contributed by atoms with Crippen LogP contribution >= 0.6 is 0 Å². The number of nitrogens with one attached hydrogen (secondary N) is 2. The number of hydrogen-bond acceptors (Lipinski definition) is 9. The number of carbonyl (C=O) groups excluding carboxylic acids is 2. The number of rotatable bonds is 11. The third-order valence-electron chi connectivity index (χ3n) is 7.76. The van der Waals surface area contributed by atoms with Gasteiger partial charge in [0.1, 0.15) is 36.3 Å². The summed E-state index contributed by atoms with van der Waals surface area (Å²) in [6.45, 7) is 4.51. The minimum absolute atomic E-state index is 0.0785. The fourth-order valence-corrected chi connectivity index (χ4v) is 5.17. The molecule has 1 aliphatic carbocycles. The van der Waals surface area contributed by atoms with E-state index in [1.807, 2.05) is 12.1 Å². The van der Waals surface area contributed by atoms with Crippen molar-refractivity contribution in [3.63, 3.8) is 0 Å². The SMILES string of the molecule is CC(=NOCC1CC1)C(=O)N1CCC(Nc2cc(C(=O)NC[C@H](O)CN3CCc4ccccc4C3)ncn2)C(F)C1. The monoisotopic (exact) mass is 567 g/mol. The Labute approximate surface area is 239 Å². The van der Waals surface area contributed by atoms with E-state index in [1.54, 1.807) is 6.92 Å². The van der Waals surface area contributed by atoms with E-state index < -0.39 is 24.2 Å². The lowest BCUT2D eigenvalue weighted by Gasteiger charge is -2.35. The van der Waals surface area contributed by atoms with Crippen molar-refractivity contribution in [3.05, 3.63) is 53.5 Å². The lowest BCUT2D eigenvalue weighted by Crippen LogP contribution is -2.51. The number of aromatic nitrogens is 2. The van der Waals surface area contributed by atoms with E-state index in [9.17, 15) is 14.7 Å². The van der Waals surface area contributed by atoms with Gasteiger partial charge in [0.25, 0.3) is 11.8 Å². The maximum Gasteiger partial charge on any atom is 0.271 e. The molecule has 41 heavy (non-hydrogen) atoms. The summed E-state index contributed by atoms with van der Waals surface area (Å²) in [7, 11) is 0. The fraction of sp³-hybridized carbons (Fsp3) is 0.552. The van der Waals surface area contributed by atoms with Gasteiger partial charge in [-0.1, -0.05) is 29.4 Å². The molecule has 2 amide bonds. The van der Waals surface area contributed by atoms with Crippen LogP contribution in [0.1, 0.15) is 47.8 Å². The zero-order valence-corrected chi connectivity index (χ0v) is 23.3. The lowest BCUT2D eigenvalue weighted by atomic mass is 10.00. The molecule has 2 fully saturated rings. The summed E-state index contributed by atoms with van der Waals surface area (Å²) in [6.07, 6.45) is 2.73. The van der Waals surface area contributed by atoms with Crippen molar-refractivity contribution in [1.29, 1.82) is 0 Å². The molecule has 3 atom stereocenters. The third kappa shape index (κ3) is 7.98. The van der Waals surface area contributed by atoms with Crippen LogP contribution in [0.25, 0.3) is 0 Å². The summed E-state index contributed by atoms with van der Waals surface area (Å²) < 4.78 is 15.0. The van der Waals surface area contributed by atoms with Gasteiger partial charge < -0.3 is 25.5 Å². The van der Waals surface area contributed by atoms with Crippen molar-refractivity contribution in [2.75, 3.05) is 44.6 Å². The average Bonchev–Trinajstić information content (AvgIpc) is 3.81. The first-order valence-electron chi connectivity index (χ1n) is 14.3. The van der Waals surface area contributed by atoms with Crippen LogP contribution in [0, 0.1) is 5.92 Å². The van der Waals surface area contributed by atoms with E-state index in [0.717, 1.165) is 32.4 Å². The van der Waals surface area contributed by atoms with E-state index in [-0.39, 0.29) is 30.4 Å². The zero-order chi connectivity index (χ0) is 28.8. The predicted octanol–water partition coefficient (Wildman–Crippen LogP) is 1.78. The van der Waals surface area contributed by atoms with Gasteiger partial charge in [0.15, 0.2) is 0 Å². The standard InChI is InChI=1S/C29H38FN7O4/c1-19(35-41-17-20-6-7-20)29(40)37-11-9-25(24(30)16-37)34-27-12-26(32-18-33-27)28(39)31-13-23(38)15-36-10-8-21-4-2-3-5-22(21)14-36/h2-5,12,18,20,23-25,38H,6-11,13-17H2,1H3,(H,31,39)(H,32,33,34)/t23-,24?,25?/m0/s1. The normalized spacial score (nSPS) is 22.0. The molecular weight excluding hydrogens is 529 g/mol. The largest absolute Gasteiger partial charge is 0.395 e. The Bertz CT molecular complexity index is 1260. The highest BCUT2D eigenvalue weighted by Crippen LogP contribution is 2.29. The molecule has 11 nitrogen and oxygen atoms in total. The van der Waals surface area contributed by atoms with Crippen molar-refractivity contribution in [1.82, 2.24) is 25.1 Å². The Morgan fingerprint density at radius 1 is 1.20 bits per heavy atom. The number of aliphatic hydroxyl groups is 1. The second-order valence-corrected chi connectivity index (χ2v) is 11.1. The molecule has 3 N–H and O–H groups in total. The van der Waals surface area contributed by atoms with Crippen LogP contribution < -0.4 is 10.6 Å². The number of aliphatic hydroxyl groups excluding tert-OH is 1. The number of nitrogens with zero attached hydrogens (tertiary/aromatic N) is 5. The summed E-state index contributed by atoms with van der Waals surface area (Å²) in [5.74, 6) is 0.0586. The lowest BCUT2D eigenvalue weighted by molar-refractivity contribution is -0.126. The summed E-state index contributed by atoms with van der Waals surface area (Å²) in [4.78, 5) is 42.4. The molecule has 1 saturated heterocycles. The molecule has 3 heterocycles. The van der Waals surface area contributed by atoms with E-state index in [4.69, 9.17) is 4.84 Å². The van der Waals surface area contributed by atoms with Crippen LogP contribution in [0.15, 0.2) is 41.8 Å². The first kappa shape index (κ1) is 28.9. The van der Waals surface area contributed by atoms with Gasteiger partial charge in [-0.2, -0.15) is 0 Å². The fourth-order valence-electron chi connectivity index (χ4n) is 5.17. The van der Waals surface area contributed by atoms with Gasteiger partial charge in [0.05, 0.1) is 18.7 Å². The number of β-amino-alcohol motifs (C(OH)–C–C–N with tert-alkyl or cyclic N) is 1. The molecule has 1 aromatic heterocycles. The van der Waals surface area contributed by atoms with Crippen molar-refractivity contribution < 1.29 is 23.9 Å². The van der Waals surface area contributed by atoms with Gasteiger partial charge in [0.2, 0.25) is 0 Å². The van der Waals surface area contributed by atoms with E-state index >= 15 is 4.39 Å². The second kappa shape index (κ2) is 13.3. The molecule has 5 rings (SSSR count). The predicted molar refractivity (Wildman–Crippen MR) is 151 cm³/mol. The molecule has 12 heteroatoms. The zero-order valence-electron chi connectivity index (χ0n) is 23.3. The van der Waals surface area contributed by atoms with Gasteiger partial charge in [-0.15, -0.1) is 0 Å². The first-order valence-corrected chi connectivity index (χ1v) is 14.3. The number of fused-ring (bicyclic) bond motifs is 1. The number of amides is 2. The number of oxime groups is 1. The molecular formula is C29H38FN7O4. The van der Waals surface area contributed by atoms with Crippen molar-refractivity contribution in [3.8, 4) is 0 Å². The topological polar surface area (TPSA) is 132 Å². The maximum atomic E-state index is 15.0. The van der Waals surface area contributed by atoms with Crippen LogP contribution in [0.5, 0.6) is 0 Å².